The van der Waals surface area contributed by atoms with Crippen LogP contribution in [0, 0.1) is 13.8 Å². The van der Waals surface area contributed by atoms with Crippen LogP contribution >= 0.6 is 0 Å². The molecule has 1 fully saturated rings. The predicted molar refractivity (Wildman–Crippen MR) is 145 cm³/mol. The standard InChI is InChI=1S/C29H31N5O4/c1-19-14-21(10-12-25(19)38-23-11-9-20(2)30-15-23)33-29-28-24(31-18-32-29)7-5-8-26(28)37-17-22-6-3-4-13-34(22)27(36)16-35/h5,7-12,14-15,18,22,35H,3-4,6,13,16-17H2,1-2H3,(H,31,32,33)/t22-/m1/s1. The van der Waals surface area contributed by atoms with Crippen molar-refractivity contribution in [1.82, 2.24) is 19.9 Å². The molecular formula is C29H31N5O4. The van der Waals surface area contributed by atoms with Crippen LogP contribution in [0.1, 0.15) is 30.5 Å². The highest BCUT2D eigenvalue weighted by Gasteiger charge is 2.27. The summed E-state index contributed by atoms with van der Waals surface area (Å²) in [5.41, 5.74) is 3.48. The molecule has 9 nitrogen and oxygen atoms in total. The number of fused-ring (bicyclic) bond motifs is 1. The maximum atomic E-state index is 12.2. The van der Waals surface area contributed by atoms with Gasteiger partial charge in [-0.05, 0) is 81.1 Å². The molecule has 9 heteroatoms. The summed E-state index contributed by atoms with van der Waals surface area (Å²) < 4.78 is 12.3. The first-order chi connectivity index (χ1) is 18.5. The number of aliphatic hydroxyl groups is 1. The van der Waals surface area contributed by atoms with Gasteiger partial charge in [0.15, 0.2) is 0 Å². The largest absolute Gasteiger partial charge is 0.491 e. The fourth-order valence-corrected chi connectivity index (χ4v) is 4.69. The van der Waals surface area contributed by atoms with Crippen LogP contribution in [0.2, 0.25) is 0 Å². The average molecular weight is 514 g/mol. The Bertz CT molecular complexity index is 1420. The molecule has 38 heavy (non-hydrogen) atoms. The zero-order valence-corrected chi connectivity index (χ0v) is 21.6. The first-order valence-corrected chi connectivity index (χ1v) is 12.8. The lowest BCUT2D eigenvalue weighted by atomic mass is 10.0. The predicted octanol–water partition coefficient (Wildman–Crippen LogP) is 4.93. The molecule has 1 saturated heterocycles. The van der Waals surface area contributed by atoms with Gasteiger partial charge in [-0.15, -0.1) is 0 Å². The molecule has 3 heterocycles. The van der Waals surface area contributed by atoms with E-state index in [2.05, 4.69) is 20.3 Å². The highest BCUT2D eigenvalue weighted by Crippen LogP contribution is 2.34. The van der Waals surface area contributed by atoms with Gasteiger partial charge in [0, 0.05) is 17.9 Å². The van der Waals surface area contributed by atoms with Crippen molar-refractivity contribution >= 4 is 28.3 Å². The van der Waals surface area contributed by atoms with Crippen molar-refractivity contribution in [2.75, 3.05) is 25.1 Å². The van der Waals surface area contributed by atoms with E-state index in [9.17, 15) is 9.90 Å². The van der Waals surface area contributed by atoms with Gasteiger partial charge in [0.1, 0.15) is 42.6 Å². The van der Waals surface area contributed by atoms with E-state index in [1.54, 1.807) is 11.1 Å². The number of carbonyl (C=O) groups excluding carboxylic acids is 1. The van der Waals surface area contributed by atoms with E-state index in [0.717, 1.165) is 52.9 Å². The van der Waals surface area contributed by atoms with Crippen molar-refractivity contribution in [2.45, 2.75) is 39.2 Å². The molecule has 4 aromatic rings. The first kappa shape index (κ1) is 25.4. The van der Waals surface area contributed by atoms with E-state index < -0.39 is 6.61 Å². The summed E-state index contributed by atoms with van der Waals surface area (Å²) in [6, 6.07) is 15.3. The van der Waals surface area contributed by atoms with Crippen LogP contribution < -0.4 is 14.8 Å². The van der Waals surface area contributed by atoms with Crippen LogP contribution in [-0.4, -0.2) is 56.7 Å². The molecule has 1 amide bonds. The highest BCUT2D eigenvalue weighted by molar-refractivity contribution is 5.95. The number of anilines is 2. The number of aliphatic hydroxyl groups excluding tert-OH is 1. The second kappa shape index (κ2) is 11.4. The van der Waals surface area contributed by atoms with Crippen LogP contribution in [0.4, 0.5) is 11.5 Å². The molecule has 2 aromatic carbocycles. The van der Waals surface area contributed by atoms with Crippen molar-refractivity contribution in [2.24, 2.45) is 0 Å². The number of nitrogens with zero attached hydrogens (tertiary/aromatic N) is 4. The van der Waals surface area contributed by atoms with E-state index in [1.165, 1.54) is 6.33 Å². The Morgan fingerprint density at radius 2 is 1.97 bits per heavy atom. The third-order valence-corrected chi connectivity index (χ3v) is 6.69. The number of likely N-dealkylation sites (tertiary alicyclic amines) is 1. The lowest BCUT2D eigenvalue weighted by Crippen LogP contribution is -2.47. The van der Waals surface area contributed by atoms with E-state index in [1.807, 2.05) is 62.4 Å². The van der Waals surface area contributed by atoms with Crippen LogP contribution in [0.15, 0.2) is 61.1 Å². The molecule has 1 aliphatic rings. The molecule has 2 aromatic heterocycles. The quantitative estimate of drug-likeness (QED) is 0.341. The van der Waals surface area contributed by atoms with Gasteiger partial charge < -0.3 is 24.8 Å². The van der Waals surface area contributed by atoms with Gasteiger partial charge in [-0.25, -0.2) is 9.97 Å². The Morgan fingerprint density at radius 1 is 1.08 bits per heavy atom. The lowest BCUT2D eigenvalue weighted by Gasteiger charge is -2.35. The zero-order valence-electron chi connectivity index (χ0n) is 21.6. The first-order valence-electron chi connectivity index (χ1n) is 12.8. The zero-order chi connectivity index (χ0) is 26.5. The number of rotatable bonds is 8. The molecule has 0 spiro atoms. The minimum Gasteiger partial charge on any atom is -0.491 e. The maximum Gasteiger partial charge on any atom is 0.248 e. The molecule has 1 atom stereocenters. The topological polar surface area (TPSA) is 110 Å². The van der Waals surface area contributed by atoms with Gasteiger partial charge in [0.25, 0.3) is 0 Å². The van der Waals surface area contributed by atoms with Crippen molar-refractivity contribution in [3.05, 3.63) is 72.3 Å². The summed E-state index contributed by atoms with van der Waals surface area (Å²) in [7, 11) is 0. The van der Waals surface area contributed by atoms with Gasteiger partial charge in [-0.2, -0.15) is 0 Å². The summed E-state index contributed by atoms with van der Waals surface area (Å²) >= 11 is 0. The molecule has 0 bridgehead atoms. The molecule has 0 aliphatic carbocycles. The Kier molecular flexibility index (Phi) is 7.65. The number of piperidine rings is 1. The van der Waals surface area contributed by atoms with E-state index in [4.69, 9.17) is 9.47 Å². The Labute approximate surface area is 221 Å². The summed E-state index contributed by atoms with van der Waals surface area (Å²) in [5, 5.41) is 13.5. The number of nitrogens with one attached hydrogen (secondary N) is 1. The average Bonchev–Trinajstić information content (AvgIpc) is 2.94. The van der Waals surface area contributed by atoms with E-state index >= 15 is 0 Å². The fraction of sp³-hybridized carbons (Fsp3) is 0.310. The molecule has 0 saturated carbocycles. The smallest absolute Gasteiger partial charge is 0.248 e. The SMILES string of the molecule is Cc1ccc(Oc2ccc(Nc3ncnc4cccc(OC[C@H]5CCCCN5C(=O)CO)c34)cc2C)cn1. The number of amides is 1. The Morgan fingerprint density at radius 3 is 2.76 bits per heavy atom. The maximum absolute atomic E-state index is 12.2. The number of carbonyl (C=O) groups is 1. The third-order valence-electron chi connectivity index (χ3n) is 6.69. The minimum atomic E-state index is -0.488. The minimum absolute atomic E-state index is 0.0846. The molecule has 1 aliphatic heterocycles. The monoisotopic (exact) mass is 513 g/mol. The van der Waals surface area contributed by atoms with Crippen LogP contribution in [0.3, 0.4) is 0 Å². The van der Waals surface area contributed by atoms with Crippen LogP contribution in [0.5, 0.6) is 17.2 Å². The number of aryl methyl sites for hydroxylation is 2. The number of benzene rings is 2. The van der Waals surface area contributed by atoms with E-state index in [0.29, 0.717) is 30.5 Å². The van der Waals surface area contributed by atoms with Gasteiger partial charge in [0.05, 0.1) is 23.1 Å². The number of hydrogen-bond donors (Lipinski definition) is 2. The van der Waals surface area contributed by atoms with Crippen LogP contribution in [-0.2, 0) is 4.79 Å². The molecule has 2 N–H and O–H groups in total. The number of pyridine rings is 1. The van der Waals surface area contributed by atoms with Crippen molar-refractivity contribution < 1.29 is 19.4 Å². The summed E-state index contributed by atoms with van der Waals surface area (Å²) in [4.78, 5) is 27.1. The lowest BCUT2D eigenvalue weighted by molar-refractivity contribution is -0.138. The molecular weight excluding hydrogens is 482 g/mol. The van der Waals surface area contributed by atoms with Gasteiger partial charge in [-0.3, -0.25) is 9.78 Å². The Balaban J connectivity index is 1.36. The number of hydrogen-bond acceptors (Lipinski definition) is 8. The van der Waals surface area contributed by atoms with Crippen molar-refractivity contribution in [3.8, 4) is 17.2 Å². The van der Waals surface area contributed by atoms with Gasteiger partial charge in [-0.1, -0.05) is 6.07 Å². The van der Waals surface area contributed by atoms with Crippen molar-refractivity contribution in [3.63, 3.8) is 0 Å². The molecule has 196 valence electrons. The van der Waals surface area contributed by atoms with E-state index in [-0.39, 0.29) is 11.9 Å². The van der Waals surface area contributed by atoms with Gasteiger partial charge in [0.2, 0.25) is 5.91 Å². The third kappa shape index (κ3) is 5.68. The second-order valence-electron chi connectivity index (χ2n) is 9.42. The molecule has 5 rings (SSSR count). The van der Waals surface area contributed by atoms with Crippen LogP contribution in [0.25, 0.3) is 10.9 Å². The summed E-state index contributed by atoms with van der Waals surface area (Å²) in [6.45, 7) is 4.40. The number of ether oxygens (including phenoxy) is 2. The molecule has 0 unspecified atom stereocenters. The summed E-state index contributed by atoms with van der Waals surface area (Å²) in [6.07, 6.45) is 6.02. The Hall–Kier alpha value is -4.24. The summed E-state index contributed by atoms with van der Waals surface area (Å²) in [5.74, 6) is 2.42. The van der Waals surface area contributed by atoms with Crippen molar-refractivity contribution in [1.29, 1.82) is 0 Å². The number of aromatic nitrogens is 3. The second-order valence-corrected chi connectivity index (χ2v) is 9.42. The normalized spacial score (nSPS) is 15.3. The highest BCUT2D eigenvalue weighted by atomic mass is 16.5. The van der Waals surface area contributed by atoms with Gasteiger partial charge >= 0.3 is 0 Å². The molecule has 0 radical (unpaired) electrons. The fourth-order valence-electron chi connectivity index (χ4n) is 4.69.